The minimum absolute atomic E-state index is 0.117. The summed E-state index contributed by atoms with van der Waals surface area (Å²) < 4.78 is 0. The van der Waals surface area contributed by atoms with Gasteiger partial charge < -0.3 is 5.32 Å². The Morgan fingerprint density at radius 2 is 1.93 bits per heavy atom. The summed E-state index contributed by atoms with van der Waals surface area (Å²) >= 11 is 0. The molecule has 1 amide bonds. The van der Waals surface area contributed by atoms with Gasteiger partial charge in [0.15, 0.2) is 5.78 Å². The van der Waals surface area contributed by atoms with Crippen LogP contribution in [0.15, 0.2) is 12.4 Å². The largest absolute Gasteiger partial charge is 0.354 e. The van der Waals surface area contributed by atoms with Crippen LogP contribution in [0.5, 0.6) is 0 Å². The molecule has 0 aliphatic rings. The fraction of sp³-hybridized carbons (Fsp3) is 0.250. The lowest BCUT2D eigenvalue weighted by atomic mass is 9.99. The van der Waals surface area contributed by atoms with Gasteiger partial charge in [-0.25, -0.2) is 9.97 Å². The molecule has 5 nitrogen and oxygen atoms in total. The highest BCUT2D eigenvalue weighted by Crippen LogP contribution is 1.98. The second-order valence-electron chi connectivity index (χ2n) is 2.49. The first-order chi connectivity index (χ1) is 6.69. The predicted octanol–water partition coefficient (Wildman–Crippen LogP) is -0.394. The topological polar surface area (TPSA) is 72.0 Å². The molecule has 0 saturated heterocycles. The molecule has 0 aliphatic heterocycles. The van der Waals surface area contributed by atoms with Crippen LogP contribution in [-0.2, 0) is 0 Å². The van der Waals surface area contributed by atoms with Gasteiger partial charge in [0, 0.05) is 7.05 Å². The fourth-order valence-electron chi connectivity index (χ4n) is 0.822. The van der Waals surface area contributed by atoms with Crippen LogP contribution in [0.4, 0.5) is 0 Å². The third kappa shape index (κ3) is 2.15. The van der Waals surface area contributed by atoms with Gasteiger partial charge in [-0.05, 0) is 6.32 Å². The zero-order chi connectivity index (χ0) is 10.6. The van der Waals surface area contributed by atoms with Gasteiger partial charge in [0.2, 0.25) is 0 Å². The number of rotatable bonds is 3. The molecule has 1 aromatic rings. The van der Waals surface area contributed by atoms with E-state index in [1.54, 1.807) is 0 Å². The number of Topliss-reactive ketones (excluding diaryl/α,β-unsaturated/α-hetero) is 1. The third-order valence-electron chi connectivity index (χ3n) is 1.58. The molecule has 1 N–H and O–H groups in total. The SMILES string of the molecule is [B]CC(=O)c1cnc(C(=O)NC)cn1. The second kappa shape index (κ2) is 4.50. The van der Waals surface area contributed by atoms with Crippen molar-refractivity contribution in [3.05, 3.63) is 23.8 Å². The molecule has 14 heavy (non-hydrogen) atoms. The summed E-state index contributed by atoms with van der Waals surface area (Å²) in [7, 11) is 6.62. The highest BCUT2D eigenvalue weighted by molar-refractivity contribution is 6.23. The Labute approximate surface area is 82.4 Å². The zero-order valence-corrected chi connectivity index (χ0v) is 7.65. The minimum atomic E-state index is -0.343. The number of hydrogen-bond acceptors (Lipinski definition) is 4. The highest BCUT2D eigenvalue weighted by Gasteiger charge is 2.08. The molecule has 1 rings (SSSR count). The first-order valence-electron chi connectivity index (χ1n) is 3.96. The number of carbonyl (C=O) groups excluding carboxylic acids is 2. The van der Waals surface area contributed by atoms with E-state index in [0.717, 1.165) is 0 Å². The van der Waals surface area contributed by atoms with Crippen LogP contribution in [0.2, 0.25) is 6.32 Å². The maximum absolute atomic E-state index is 11.0. The summed E-state index contributed by atoms with van der Waals surface area (Å²) in [5.74, 6) is -0.648. The lowest BCUT2D eigenvalue weighted by molar-refractivity contribution is 0.0954. The Balaban J connectivity index is 2.89. The van der Waals surface area contributed by atoms with Gasteiger partial charge in [0.05, 0.1) is 20.2 Å². The van der Waals surface area contributed by atoms with Crippen molar-refractivity contribution in [2.24, 2.45) is 0 Å². The monoisotopic (exact) mass is 189 g/mol. The van der Waals surface area contributed by atoms with E-state index >= 15 is 0 Å². The van der Waals surface area contributed by atoms with E-state index in [-0.39, 0.29) is 29.4 Å². The number of carbonyl (C=O) groups is 2. The molecular weight excluding hydrogens is 181 g/mol. The normalized spacial score (nSPS) is 9.50. The minimum Gasteiger partial charge on any atom is -0.354 e. The van der Waals surface area contributed by atoms with Crippen LogP contribution < -0.4 is 5.32 Å². The molecule has 2 radical (unpaired) electrons. The van der Waals surface area contributed by atoms with Gasteiger partial charge in [0.25, 0.3) is 5.91 Å². The Bertz CT molecular complexity index is 315. The molecule has 0 spiro atoms. The van der Waals surface area contributed by atoms with E-state index in [1.165, 1.54) is 19.4 Å². The van der Waals surface area contributed by atoms with Gasteiger partial charge in [0.1, 0.15) is 11.4 Å². The van der Waals surface area contributed by atoms with E-state index in [0.29, 0.717) is 0 Å². The van der Waals surface area contributed by atoms with E-state index < -0.39 is 0 Å². The van der Waals surface area contributed by atoms with Crippen molar-refractivity contribution in [1.29, 1.82) is 0 Å². The van der Waals surface area contributed by atoms with Gasteiger partial charge >= 0.3 is 0 Å². The fourth-order valence-corrected chi connectivity index (χ4v) is 0.822. The van der Waals surface area contributed by atoms with E-state index in [2.05, 4.69) is 15.3 Å². The Hall–Kier alpha value is -1.72. The van der Waals surface area contributed by atoms with Gasteiger partial charge in [-0.1, -0.05) is 0 Å². The first kappa shape index (κ1) is 10.4. The lowest BCUT2D eigenvalue weighted by Crippen LogP contribution is -2.19. The molecule has 0 saturated carbocycles. The van der Waals surface area contributed by atoms with Crippen molar-refractivity contribution in [2.45, 2.75) is 6.32 Å². The van der Waals surface area contributed by atoms with E-state index in [9.17, 15) is 9.59 Å². The molecule has 1 heterocycles. The van der Waals surface area contributed by atoms with Gasteiger partial charge in [-0.15, -0.1) is 0 Å². The molecule has 0 aromatic carbocycles. The van der Waals surface area contributed by atoms with Crippen molar-refractivity contribution >= 4 is 19.5 Å². The summed E-state index contributed by atoms with van der Waals surface area (Å²) in [4.78, 5) is 29.6. The van der Waals surface area contributed by atoms with Crippen molar-refractivity contribution < 1.29 is 9.59 Å². The quantitative estimate of drug-likeness (QED) is 0.518. The highest BCUT2D eigenvalue weighted by atomic mass is 16.1. The van der Waals surface area contributed by atoms with E-state index in [4.69, 9.17) is 7.85 Å². The van der Waals surface area contributed by atoms with Crippen LogP contribution >= 0.6 is 0 Å². The summed E-state index contributed by atoms with van der Waals surface area (Å²) in [5, 5.41) is 2.39. The summed E-state index contributed by atoms with van der Waals surface area (Å²) in [5.41, 5.74) is 0.334. The third-order valence-corrected chi connectivity index (χ3v) is 1.58. The van der Waals surface area contributed by atoms with Crippen LogP contribution in [0.25, 0.3) is 0 Å². The van der Waals surface area contributed by atoms with Crippen molar-refractivity contribution in [3.63, 3.8) is 0 Å². The second-order valence-corrected chi connectivity index (χ2v) is 2.49. The number of nitrogens with zero attached hydrogens (tertiary/aromatic N) is 2. The van der Waals surface area contributed by atoms with Gasteiger partial charge in [-0.3, -0.25) is 9.59 Å². The molecule has 0 atom stereocenters. The van der Waals surface area contributed by atoms with Crippen LogP contribution in [0.3, 0.4) is 0 Å². The molecule has 0 unspecified atom stereocenters. The number of ketones is 1. The molecule has 1 aromatic heterocycles. The summed E-state index contributed by atoms with van der Waals surface area (Å²) in [6.45, 7) is 0. The maximum atomic E-state index is 11.0. The van der Waals surface area contributed by atoms with Crippen LogP contribution in [0.1, 0.15) is 21.0 Å². The standard InChI is InChI=1S/C8H8BN3O2/c1-10-8(14)6-4-11-5(3-12-6)7(13)2-9/h3-4H,2H2,1H3,(H,10,14). The summed E-state index contributed by atoms with van der Waals surface area (Å²) in [6.07, 6.45) is 2.36. The number of nitrogens with one attached hydrogen (secondary N) is 1. The number of hydrogen-bond donors (Lipinski definition) is 1. The van der Waals surface area contributed by atoms with Crippen LogP contribution in [0, 0.1) is 0 Å². The average molecular weight is 189 g/mol. The molecule has 0 fully saturated rings. The predicted molar refractivity (Wildman–Crippen MR) is 50.3 cm³/mol. The zero-order valence-electron chi connectivity index (χ0n) is 7.65. The van der Waals surface area contributed by atoms with Crippen molar-refractivity contribution in [2.75, 3.05) is 7.05 Å². The van der Waals surface area contributed by atoms with E-state index in [1.807, 2.05) is 0 Å². The van der Waals surface area contributed by atoms with Gasteiger partial charge in [-0.2, -0.15) is 0 Å². The Kier molecular flexibility index (Phi) is 3.33. The lowest BCUT2D eigenvalue weighted by Gasteiger charge is -1.99. The molecule has 6 heteroatoms. The van der Waals surface area contributed by atoms with Crippen LogP contribution in [-0.4, -0.2) is 36.6 Å². The smallest absolute Gasteiger partial charge is 0.271 e. The summed E-state index contributed by atoms with van der Waals surface area (Å²) in [6, 6.07) is 0. The molecule has 0 bridgehead atoms. The molecule has 0 aliphatic carbocycles. The first-order valence-corrected chi connectivity index (χ1v) is 3.96. The molecule has 70 valence electrons. The van der Waals surface area contributed by atoms with Crippen molar-refractivity contribution in [1.82, 2.24) is 15.3 Å². The Morgan fingerprint density at radius 1 is 1.36 bits per heavy atom. The maximum Gasteiger partial charge on any atom is 0.271 e. The van der Waals surface area contributed by atoms with Crippen molar-refractivity contribution in [3.8, 4) is 0 Å². The average Bonchev–Trinajstić information content (AvgIpc) is 2.27. The number of amides is 1. The Morgan fingerprint density at radius 3 is 2.36 bits per heavy atom. The molecular formula is C8H8BN3O2. The number of aromatic nitrogens is 2.